The average Bonchev–Trinajstić information content (AvgIpc) is 3.84. The number of likely N-dealkylation sites (tertiary alicyclic amines) is 2. The first kappa shape index (κ1) is 41.0. The van der Waals surface area contributed by atoms with Crippen molar-refractivity contribution >= 4 is 17.6 Å². The van der Waals surface area contributed by atoms with Crippen molar-refractivity contribution < 1.29 is 24.1 Å². The molecule has 1 N–H and O–H groups in total. The van der Waals surface area contributed by atoms with Crippen LogP contribution in [0.1, 0.15) is 84.7 Å². The maximum Gasteiger partial charge on any atom is 0.320 e. The normalized spacial score (nSPS) is 20.8. The largest absolute Gasteiger partial charge is 0.493 e. The first-order chi connectivity index (χ1) is 28.1. The van der Waals surface area contributed by atoms with Gasteiger partial charge in [0, 0.05) is 55.1 Å². The Balaban J connectivity index is 1.02. The van der Waals surface area contributed by atoms with E-state index in [-0.39, 0.29) is 19.1 Å². The van der Waals surface area contributed by atoms with Crippen molar-refractivity contribution in [2.24, 2.45) is 11.3 Å². The molecule has 2 aliphatic heterocycles. The van der Waals surface area contributed by atoms with Gasteiger partial charge in [0.15, 0.2) is 0 Å². The summed E-state index contributed by atoms with van der Waals surface area (Å²) in [5.41, 5.74) is 7.68. The van der Waals surface area contributed by atoms with Gasteiger partial charge in [0.25, 0.3) is 0 Å². The number of halogens is 1. The standard InChI is InChI=1S/C47H52ClN5O5/c1-32-37(8-5-9-39(32)40-10-6-12-43(33(40)2)56-19-7-16-52-18-15-47(31-52)14-13-34(23-47)24-49)30-58-45-22-44(57-29-36-20-35(25-50)26-51-27-36)38(21-41(45)48)28-53-17-4-3-11-42(53)46(54)55/h5-6,8-10,12,20-22,26-27,34,42H,3-4,7,11,13-19,23,28-31H2,1-2H3,(H,54,55)/t34?,42-,47?/m0/s1. The second-order valence-corrected chi connectivity index (χ2v) is 16.7. The molecule has 1 spiro atoms. The Morgan fingerprint density at radius 1 is 0.914 bits per heavy atom. The molecule has 10 nitrogen and oxygen atoms in total. The lowest BCUT2D eigenvalue weighted by Crippen LogP contribution is -2.44. The molecule has 302 valence electrons. The number of carbonyl (C=O) groups is 1. The lowest BCUT2D eigenvalue weighted by atomic mass is 9.85. The summed E-state index contributed by atoms with van der Waals surface area (Å²) in [6.07, 6.45) is 11.0. The van der Waals surface area contributed by atoms with Crippen LogP contribution in [0.5, 0.6) is 17.2 Å². The third-order valence-electron chi connectivity index (χ3n) is 12.4. The summed E-state index contributed by atoms with van der Waals surface area (Å²) in [5.74, 6) is 1.27. The topological polar surface area (TPSA) is 132 Å². The number of nitrogens with zero attached hydrogens (tertiary/aromatic N) is 5. The van der Waals surface area contributed by atoms with Gasteiger partial charge in [-0.3, -0.25) is 14.7 Å². The number of carboxylic acids is 1. The van der Waals surface area contributed by atoms with Crippen molar-refractivity contribution in [2.45, 2.75) is 91.0 Å². The molecule has 1 saturated carbocycles. The van der Waals surface area contributed by atoms with Crippen LogP contribution in [0, 0.1) is 47.8 Å². The van der Waals surface area contributed by atoms with Crippen LogP contribution in [-0.2, 0) is 24.6 Å². The molecule has 2 unspecified atom stereocenters. The molecule has 0 amide bonds. The summed E-state index contributed by atoms with van der Waals surface area (Å²) in [6.45, 7) is 9.54. The van der Waals surface area contributed by atoms with Crippen molar-refractivity contribution in [3.8, 4) is 40.5 Å². The number of aromatic nitrogens is 1. The van der Waals surface area contributed by atoms with Gasteiger partial charge in [-0.2, -0.15) is 10.5 Å². The molecule has 0 radical (unpaired) electrons. The maximum atomic E-state index is 12.1. The SMILES string of the molecule is Cc1c(COc2cc(OCc3cncc(C#N)c3)c(CN3CCCC[C@H]3C(=O)O)cc2Cl)cccc1-c1cccc(OCCCN2CCC3(CCC(C#N)C3)C2)c1C. The maximum absolute atomic E-state index is 12.1. The van der Waals surface area contributed by atoms with Crippen LogP contribution in [0.2, 0.25) is 5.02 Å². The highest BCUT2D eigenvalue weighted by atomic mass is 35.5. The number of hydrogen-bond acceptors (Lipinski definition) is 9. The van der Waals surface area contributed by atoms with Gasteiger partial charge >= 0.3 is 5.97 Å². The zero-order valence-corrected chi connectivity index (χ0v) is 34.3. The Kier molecular flexibility index (Phi) is 13.2. The Morgan fingerprint density at radius 2 is 1.72 bits per heavy atom. The van der Waals surface area contributed by atoms with Crippen LogP contribution in [0.25, 0.3) is 11.1 Å². The number of aliphatic carboxylic acids is 1. The van der Waals surface area contributed by atoms with Crippen LogP contribution in [0.15, 0.2) is 67.0 Å². The highest BCUT2D eigenvalue weighted by molar-refractivity contribution is 6.32. The number of ether oxygens (including phenoxy) is 3. The van der Waals surface area contributed by atoms with Gasteiger partial charge in [0.2, 0.25) is 0 Å². The van der Waals surface area contributed by atoms with Gasteiger partial charge in [0.1, 0.15) is 42.6 Å². The van der Waals surface area contributed by atoms with E-state index >= 15 is 0 Å². The van der Waals surface area contributed by atoms with Gasteiger partial charge in [-0.25, -0.2) is 0 Å². The number of nitriles is 2. The van der Waals surface area contributed by atoms with Gasteiger partial charge in [-0.15, -0.1) is 0 Å². The Bertz CT molecular complexity index is 2200. The minimum Gasteiger partial charge on any atom is -0.493 e. The minimum absolute atomic E-state index is 0.159. The molecule has 4 aromatic rings. The molecule has 0 bridgehead atoms. The molecule has 3 aromatic carbocycles. The van der Waals surface area contributed by atoms with Crippen LogP contribution < -0.4 is 14.2 Å². The predicted octanol–water partition coefficient (Wildman–Crippen LogP) is 9.27. The van der Waals surface area contributed by atoms with Crippen LogP contribution >= 0.6 is 11.6 Å². The summed E-state index contributed by atoms with van der Waals surface area (Å²) in [4.78, 5) is 20.8. The Hall–Kier alpha value is -5.13. The zero-order valence-electron chi connectivity index (χ0n) is 33.5. The molecule has 7 rings (SSSR count). The van der Waals surface area contributed by atoms with Crippen LogP contribution in [0.3, 0.4) is 0 Å². The molecule has 3 fully saturated rings. The molecule has 58 heavy (non-hydrogen) atoms. The van der Waals surface area contributed by atoms with Crippen molar-refractivity contribution in [1.29, 1.82) is 10.5 Å². The van der Waals surface area contributed by atoms with Crippen molar-refractivity contribution in [3.63, 3.8) is 0 Å². The highest BCUT2D eigenvalue weighted by Crippen LogP contribution is 2.48. The van der Waals surface area contributed by atoms with E-state index in [4.69, 9.17) is 25.8 Å². The second kappa shape index (κ2) is 18.6. The summed E-state index contributed by atoms with van der Waals surface area (Å²) < 4.78 is 19.1. The third kappa shape index (κ3) is 9.59. The number of carboxylic acid groups (broad SMARTS) is 1. The number of benzene rings is 3. The van der Waals surface area contributed by atoms with Gasteiger partial charge in [-0.1, -0.05) is 48.4 Å². The van der Waals surface area contributed by atoms with Crippen molar-refractivity contribution in [1.82, 2.24) is 14.8 Å². The molecular formula is C47H52ClN5O5. The smallest absolute Gasteiger partial charge is 0.320 e. The molecular weight excluding hydrogens is 750 g/mol. The van der Waals surface area contributed by atoms with E-state index in [9.17, 15) is 20.4 Å². The number of pyridine rings is 1. The zero-order chi connectivity index (χ0) is 40.6. The summed E-state index contributed by atoms with van der Waals surface area (Å²) in [5, 5.41) is 29.1. The van der Waals surface area contributed by atoms with Crippen molar-refractivity contribution in [2.75, 3.05) is 32.8 Å². The molecule has 3 heterocycles. The number of piperidine rings is 1. The highest BCUT2D eigenvalue weighted by Gasteiger charge is 2.43. The molecule has 3 atom stereocenters. The van der Waals surface area contributed by atoms with E-state index in [0.717, 1.165) is 96.4 Å². The van der Waals surface area contributed by atoms with Crippen LogP contribution in [-0.4, -0.2) is 64.7 Å². The Labute approximate surface area is 346 Å². The fraction of sp³-hybridized carbons (Fsp3) is 0.447. The molecule has 2 saturated heterocycles. The van der Waals surface area contributed by atoms with Crippen molar-refractivity contribution in [3.05, 3.63) is 105 Å². The summed E-state index contributed by atoms with van der Waals surface area (Å²) in [7, 11) is 0. The van der Waals surface area contributed by atoms with Gasteiger partial charge in [0.05, 0.1) is 23.3 Å². The van der Waals surface area contributed by atoms with E-state index in [2.05, 4.69) is 54.1 Å². The summed E-state index contributed by atoms with van der Waals surface area (Å²) >= 11 is 6.89. The van der Waals surface area contributed by atoms with E-state index < -0.39 is 12.0 Å². The lowest BCUT2D eigenvalue weighted by molar-refractivity contribution is -0.144. The average molecular weight is 802 g/mol. The number of hydrogen-bond donors (Lipinski definition) is 1. The first-order valence-corrected chi connectivity index (χ1v) is 20.9. The van der Waals surface area contributed by atoms with E-state index in [1.807, 2.05) is 29.2 Å². The van der Waals surface area contributed by atoms with E-state index in [1.54, 1.807) is 18.3 Å². The minimum atomic E-state index is -0.832. The quantitative estimate of drug-likeness (QED) is 0.116. The fourth-order valence-corrected chi connectivity index (χ4v) is 9.38. The van der Waals surface area contributed by atoms with E-state index in [1.165, 1.54) is 19.0 Å². The first-order valence-electron chi connectivity index (χ1n) is 20.5. The molecule has 1 aliphatic carbocycles. The molecule has 1 aromatic heterocycles. The Morgan fingerprint density at radius 3 is 2.52 bits per heavy atom. The third-order valence-corrected chi connectivity index (χ3v) is 12.7. The fourth-order valence-electron chi connectivity index (χ4n) is 9.14. The van der Waals surface area contributed by atoms with Gasteiger partial charge < -0.3 is 24.2 Å². The lowest BCUT2D eigenvalue weighted by Gasteiger charge is -2.33. The number of rotatable bonds is 15. The van der Waals surface area contributed by atoms with Crippen LogP contribution in [0.4, 0.5) is 0 Å². The second-order valence-electron chi connectivity index (χ2n) is 16.3. The molecule has 11 heteroatoms. The summed E-state index contributed by atoms with van der Waals surface area (Å²) in [6, 6.07) is 21.8. The van der Waals surface area contributed by atoms with E-state index in [0.29, 0.717) is 53.6 Å². The molecule has 3 aliphatic rings. The monoisotopic (exact) mass is 801 g/mol. The van der Waals surface area contributed by atoms with Gasteiger partial charge in [-0.05, 0) is 123 Å². The predicted molar refractivity (Wildman–Crippen MR) is 223 cm³/mol.